The highest BCUT2D eigenvalue weighted by molar-refractivity contribution is 5.80. The van der Waals surface area contributed by atoms with E-state index in [0.29, 0.717) is 13.0 Å². The van der Waals surface area contributed by atoms with Gasteiger partial charge in [-0.15, -0.1) is 0 Å². The number of methoxy groups -OCH3 is 1. The molecule has 0 aromatic rings. The molecule has 1 aliphatic heterocycles. The molecule has 1 rings (SSSR count). The topological polar surface area (TPSA) is 72.6 Å². The Balaban J connectivity index is 2.42. The van der Waals surface area contributed by atoms with Crippen molar-refractivity contribution >= 4 is 11.9 Å². The van der Waals surface area contributed by atoms with E-state index in [4.69, 9.17) is 5.73 Å². The molecule has 2 N–H and O–H groups in total. The zero-order valence-electron chi connectivity index (χ0n) is 9.07. The van der Waals surface area contributed by atoms with Gasteiger partial charge in [0, 0.05) is 6.54 Å². The minimum Gasteiger partial charge on any atom is -0.469 e. The van der Waals surface area contributed by atoms with Crippen molar-refractivity contribution in [3.63, 3.8) is 0 Å². The lowest BCUT2D eigenvalue weighted by Gasteiger charge is -2.33. The Morgan fingerprint density at radius 3 is 2.80 bits per heavy atom. The van der Waals surface area contributed by atoms with E-state index in [0.717, 1.165) is 25.8 Å². The number of esters is 1. The van der Waals surface area contributed by atoms with Crippen LogP contribution in [0.1, 0.15) is 25.7 Å². The van der Waals surface area contributed by atoms with Gasteiger partial charge in [-0.1, -0.05) is 6.42 Å². The van der Waals surface area contributed by atoms with Gasteiger partial charge in [0.25, 0.3) is 0 Å². The summed E-state index contributed by atoms with van der Waals surface area (Å²) in [5.41, 5.74) is 5.30. The molecule has 0 bridgehead atoms. The zero-order chi connectivity index (χ0) is 11.3. The lowest BCUT2D eigenvalue weighted by molar-refractivity contribution is -0.141. The standard InChI is InChI=1S/C10H18N2O3/c1-15-9(13)5-7-12-6-3-2-4-8(12)10(11)14/h8H,2-7H2,1H3,(H2,11,14). The number of piperidine rings is 1. The molecule has 0 saturated carbocycles. The van der Waals surface area contributed by atoms with Crippen molar-refractivity contribution in [1.29, 1.82) is 0 Å². The molecular weight excluding hydrogens is 196 g/mol. The predicted octanol–water partition coefficient (Wildman–Crippen LogP) is -0.111. The molecule has 0 aromatic carbocycles. The van der Waals surface area contributed by atoms with Gasteiger partial charge in [0.2, 0.25) is 5.91 Å². The third-order valence-electron chi connectivity index (χ3n) is 2.77. The fourth-order valence-corrected chi connectivity index (χ4v) is 1.92. The van der Waals surface area contributed by atoms with Gasteiger partial charge >= 0.3 is 5.97 Å². The summed E-state index contributed by atoms with van der Waals surface area (Å²) in [4.78, 5) is 24.1. The number of amides is 1. The maximum absolute atomic E-state index is 11.1. The highest BCUT2D eigenvalue weighted by atomic mass is 16.5. The Morgan fingerprint density at radius 2 is 2.20 bits per heavy atom. The van der Waals surface area contributed by atoms with E-state index < -0.39 is 0 Å². The molecule has 1 atom stereocenters. The number of ether oxygens (including phenoxy) is 1. The molecule has 0 spiro atoms. The number of likely N-dealkylation sites (tertiary alicyclic amines) is 1. The molecule has 1 amide bonds. The first-order valence-electron chi connectivity index (χ1n) is 5.25. The average Bonchev–Trinajstić information content (AvgIpc) is 2.26. The van der Waals surface area contributed by atoms with Crippen LogP contribution in [0.2, 0.25) is 0 Å². The SMILES string of the molecule is COC(=O)CCN1CCCCC1C(N)=O. The molecule has 1 saturated heterocycles. The molecule has 1 fully saturated rings. The summed E-state index contributed by atoms with van der Waals surface area (Å²) in [6, 6.07) is -0.205. The molecule has 1 heterocycles. The third-order valence-corrected chi connectivity index (χ3v) is 2.77. The van der Waals surface area contributed by atoms with Crippen molar-refractivity contribution in [2.24, 2.45) is 5.73 Å². The van der Waals surface area contributed by atoms with Crippen LogP contribution in [0.4, 0.5) is 0 Å². The van der Waals surface area contributed by atoms with Crippen LogP contribution in [0.25, 0.3) is 0 Å². The maximum Gasteiger partial charge on any atom is 0.306 e. The molecule has 1 aliphatic rings. The average molecular weight is 214 g/mol. The maximum atomic E-state index is 11.1. The number of primary amides is 1. The monoisotopic (exact) mass is 214 g/mol. The Hall–Kier alpha value is -1.10. The molecular formula is C10H18N2O3. The quantitative estimate of drug-likeness (QED) is 0.663. The summed E-state index contributed by atoms with van der Waals surface area (Å²) in [5.74, 6) is -0.539. The van der Waals surface area contributed by atoms with Gasteiger partial charge in [-0.05, 0) is 19.4 Å². The molecule has 15 heavy (non-hydrogen) atoms. The van der Waals surface area contributed by atoms with Gasteiger partial charge in [-0.3, -0.25) is 14.5 Å². The van der Waals surface area contributed by atoms with E-state index in [9.17, 15) is 9.59 Å². The Labute approximate surface area is 89.6 Å². The summed E-state index contributed by atoms with van der Waals surface area (Å²) < 4.78 is 4.56. The number of carbonyl (C=O) groups excluding carboxylic acids is 2. The number of rotatable bonds is 4. The van der Waals surface area contributed by atoms with Crippen LogP contribution in [0.5, 0.6) is 0 Å². The zero-order valence-corrected chi connectivity index (χ0v) is 9.07. The number of nitrogens with two attached hydrogens (primary N) is 1. The fourth-order valence-electron chi connectivity index (χ4n) is 1.92. The van der Waals surface area contributed by atoms with E-state index in [1.807, 2.05) is 4.90 Å². The van der Waals surface area contributed by atoms with E-state index in [1.165, 1.54) is 7.11 Å². The lowest BCUT2D eigenvalue weighted by Crippen LogP contribution is -2.48. The van der Waals surface area contributed by atoms with E-state index >= 15 is 0 Å². The van der Waals surface area contributed by atoms with Crippen molar-refractivity contribution in [3.8, 4) is 0 Å². The Morgan fingerprint density at radius 1 is 1.47 bits per heavy atom. The van der Waals surface area contributed by atoms with E-state index in [2.05, 4.69) is 4.74 Å². The first-order chi connectivity index (χ1) is 7.15. The summed E-state index contributed by atoms with van der Waals surface area (Å²) in [6.45, 7) is 1.39. The Bertz CT molecular complexity index is 243. The van der Waals surface area contributed by atoms with Crippen molar-refractivity contribution in [2.45, 2.75) is 31.7 Å². The van der Waals surface area contributed by atoms with Gasteiger partial charge in [0.1, 0.15) is 0 Å². The van der Waals surface area contributed by atoms with Crippen LogP contribution in [-0.4, -0.2) is 43.0 Å². The second kappa shape index (κ2) is 5.70. The molecule has 86 valence electrons. The minimum atomic E-state index is -0.292. The summed E-state index contributed by atoms with van der Waals surface area (Å²) in [6.07, 6.45) is 3.21. The van der Waals surface area contributed by atoms with Crippen LogP contribution in [0.3, 0.4) is 0 Å². The first kappa shape index (κ1) is 12.0. The summed E-state index contributed by atoms with van der Waals surface area (Å²) in [5, 5.41) is 0. The number of hydrogen-bond donors (Lipinski definition) is 1. The lowest BCUT2D eigenvalue weighted by atomic mass is 10.0. The van der Waals surface area contributed by atoms with Gasteiger partial charge in [-0.25, -0.2) is 0 Å². The van der Waals surface area contributed by atoms with Crippen molar-refractivity contribution in [3.05, 3.63) is 0 Å². The van der Waals surface area contributed by atoms with Gasteiger partial charge in [-0.2, -0.15) is 0 Å². The normalized spacial score (nSPS) is 22.3. The van der Waals surface area contributed by atoms with Crippen molar-refractivity contribution in [2.75, 3.05) is 20.2 Å². The fraction of sp³-hybridized carbons (Fsp3) is 0.800. The third kappa shape index (κ3) is 3.51. The van der Waals surface area contributed by atoms with Crippen LogP contribution < -0.4 is 5.73 Å². The van der Waals surface area contributed by atoms with Crippen LogP contribution in [0.15, 0.2) is 0 Å². The van der Waals surface area contributed by atoms with Crippen LogP contribution in [0, 0.1) is 0 Å². The number of hydrogen-bond acceptors (Lipinski definition) is 4. The van der Waals surface area contributed by atoms with Gasteiger partial charge in [0.15, 0.2) is 0 Å². The smallest absolute Gasteiger partial charge is 0.306 e. The molecule has 1 unspecified atom stereocenters. The second-order valence-corrected chi connectivity index (χ2v) is 3.78. The molecule has 0 aliphatic carbocycles. The van der Waals surface area contributed by atoms with Crippen molar-refractivity contribution in [1.82, 2.24) is 4.90 Å². The highest BCUT2D eigenvalue weighted by Crippen LogP contribution is 2.16. The molecule has 5 nitrogen and oxygen atoms in total. The largest absolute Gasteiger partial charge is 0.469 e. The summed E-state index contributed by atoms with van der Waals surface area (Å²) in [7, 11) is 1.37. The van der Waals surface area contributed by atoms with Gasteiger partial charge in [0.05, 0.1) is 19.6 Å². The predicted molar refractivity (Wildman–Crippen MR) is 55.0 cm³/mol. The Kier molecular flexibility index (Phi) is 4.55. The van der Waals surface area contributed by atoms with E-state index in [-0.39, 0.29) is 17.9 Å². The van der Waals surface area contributed by atoms with Crippen LogP contribution in [-0.2, 0) is 14.3 Å². The number of nitrogens with zero attached hydrogens (tertiary/aromatic N) is 1. The molecule has 0 radical (unpaired) electrons. The number of carbonyl (C=O) groups is 2. The molecule has 5 heteroatoms. The second-order valence-electron chi connectivity index (χ2n) is 3.78. The van der Waals surface area contributed by atoms with Crippen LogP contribution >= 0.6 is 0 Å². The van der Waals surface area contributed by atoms with Gasteiger partial charge < -0.3 is 10.5 Å². The van der Waals surface area contributed by atoms with E-state index in [1.54, 1.807) is 0 Å². The first-order valence-corrected chi connectivity index (χ1v) is 5.25. The van der Waals surface area contributed by atoms with Crippen molar-refractivity contribution < 1.29 is 14.3 Å². The summed E-state index contributed by atoms with van der Waals surface area (Å²) >= 11 is 0. The molecule has 0 aromatic heterocycles. The minimum absolute atomic E-state index is 0.205. The highest BCUT2D eigenvalue weighted by Gasteiger charge is 2.26.